The van der Waals surface area contributed by atoms with Crippen LogP contribution < -0.4 is 11.1 Å². The Labute approximate surface area is 138 Å². The van der Waals surface area contributed by atoms with Crippen LogP contribution in [-0.2, 0) is 12.7 Å². The molecular weight excluding hydrogens is 401 g/mol. The summed E-state index contributed by atoms with van der Waals surface area (Å²) in [5.41, 5.74) is 4.07. The minimum Gasteiger partial charge on any atom is -0.370 e. The van der Waals surface area contributed by atoms with Crippen LogP contribution in [0, 0.1) is 5.82 Å². The summed E-state index contributed by atoms with van der Waals surface area (Å²) >= 11 is 0. The Morgan fingerprint density at radius 2 is 1.81 bits per heavy atom. The normalized spacial score (nSPS) is 12.8. The molecule has 0 fully saturated rings. The average molecular weight is 419 g/mol. The molecule has 0 spiro atoms. The Balaban J connectivity index is 0.00000400. The maximum absolute atomic E-state index is 12.9. The molecule has 120 valence electrons. The maximum Gasteiger partial charge on any atom is 0.416 e. The summed E-state index contributed by atoms with van der Waals surface area (Å²) in [6.07, 6.45) is -4.63. The standard InChI is InChI=1S/C13H17F4N3.HI/c1-12(2,3)20-11(18)19-7-8-4-5-9(14)6-10(8)13(15,16)17;/h4-6H,7H2,1-3H3,(H3,18,19,20);1H. The molecule has 0 aliphatic carbocycles. The Kier molecular flexibility index (Phi) is 6.91. The van der Waals surface area contributed by atoms with Crippen molar-refractivity contribution in [2.75, 3.05) is 0 Å². The highest BCUT2D eigenvalue weighted by molar-refractivity contribution is 14.0. The summed E-state index contributed by atoms with van der Waals surface area (Å²) in [5, 5.41) is 2.83. The van der Waals surface area contributed by atoms with Crippen LogP contribution in [0.2, 0.25) is 0 Å². The van der Waals surface area contributed by atoms with Crippen molar-refractivity contribution in [2.45, 2.75) is 39.0 Å². The zero-order chi connectivity index (χ0) is 15.6. The molecule has 0 bridgehead atoms. The quantitative estimate of drug-likeness (QED) is 0.333. The third-order valence-electron chi connectivity index (χ3n) is 2.30. The van der Waals surface area contributed by atoms with Gasteiger partial charge in [-0.3, -0.25) is 0 Å². The predicted molar refractivity (Wildman–Crippen MR) is 85.0 cm³/mol. The number of nitrogens with two attached hydrogens (primary N) is 1. The molecule has 21 heavy (non-hydrogen) atoms. The molecule has 0 heterocycles. The van der Waals surface area contributed by atoms with E-state index in [9.17, 15) is 17.6 Å². The van der Waals surface area contributed by atoms with Gasteiger partial charge in [-0.15, -0.1) is 24.0 Å². The molecule has 0 aliphatic rings. The van der Waals surface area contributed by atoms with E-state index in [1.54, 1.807) is 0 Å². The van der Waals surface area contributed by atoms with E-state index in [2.05, 4.69) is 10.3 Å². The molecule has 1 rings (SSSR count). The third-order valence-corrected chi connectivity index (χ3v) is 2.30. The number of hydrogen-bond donors (Lipinski definition) is 2. The van der Waals surface area contributed by atoms with E-state index in [0.717, 1.165) is 12.1 Å². The average Bonchev–Trinajstić information content (AvgIpc) is 2.23. The number of nitrogens with zero attached hydrogens (tertiary/aromatic N) is 1. The van der Waals surface area contributed by atoms with Crippen LogP contribution in [0.4, 0.5) is 17.6 Å². The highest BCUT2D eigenvalue weighted by Gasteiger charge is 2.33. The van der Waals surface area contributed by atoms with Gasteiger partial charge in [0.05, 0.1) is 12.1 Å². The monoisotopic (exact) mass is 419 g/mol. The van der Waals surface area contributed by atoms with Crippen LogP contribution in [0.25, 0.3) is 0 Å². The maximum atomic E-state index is 12.9. The number of rotatable bonds is 2. The summed E-state index contributed by atoms with van der Waals surface area (Å²) in [6.45, 7) is 5.25. The van der Waals surface area contributed by atoms with E-state index in [0.29, 0.717) is 6.07 Å². The van der Waals surface area contributed by atoms with Crippen LogP contribution in [-0.4, -0.2) is 11.5 Å². The van der Waals surface area contributed by atoms with E-state index in [1.807, 2.05) is 20.8 Å². The van der Waals surface area contributed by atoms with Gasteiger partial charge in [-0.2, -0.15) is 13.2 Å². The molecule has 0 saturated heterocycles. The van der Waals surface area contributed by atoms with E-state index in [-0.39, 0.29) is 47.6 Å². The van der Waals surface area contributed by atoms with Crippen molar-refractivity contribution in [1.29, 1.82) is 0 Å². The minimum absolute atomic E-state index is 0. The molecule has 0 atom stereocenters. The first-order valence-electron chi connectivity index (χ1n) is 5.93. The number of guanidine groups is 1. The second kappa shape index (κ2) is 7.28. The highest BCUT2D eigenvalue weighted by Crippen LogP contribution is 2.32. The molecule has 0 aromatic heterocycles. The smallest absolute Gasteiger partial charge is 0.370 e. The number of benzene rings is 1. The number of hydrogen-bond acceptors (Lipinski definition) is 1. The lowest BCUT2D eigenvalue weighted by Crippen LogP contribution is -2.45. The van der Waals surface area contributed by atoms with Gasteiger partial charge in [0.2, 0.25) is 0 Å². The van der Waals surface area contributed by atoms with Crippen LogP contribution in [0.15, 0.2) is 23.2 Å². The van der Waals surface area contributed by atoms with Crippen molar-refractivity contribution in [3.63, 3.8) is 0 Å². The van der Waals surface area contributed by atoms with Crippen LogP contribution in [0.1, 0.15) is 31.9 Å². The molecule has 0 amide bonds. The first-order chi connectivity index (χ1) is 8.99. The first kappa shape index (κ1) is 19.9. The second-order valence-corrected chi connectivity index (χ2v) is 5.38. The molecule has 0 aliphatic heterocycles. The van der Waals surface area contributed by atoms with Crippen molar-refractivity contribution in [3.8, 4) is 0 Å². The van der Waals surface area contributed by atoms with E-state index in [4.69, 9.17) is 5.73 Å². The summed E-state index contributed by atoms with van der Waals surface area (Å²) in [4.78, 5) is 3.84. The summed E-state index contributed by atoms with van der Waals surface area (Å²) in [6, 6.07) is 2.48. The van der Waals surface area contributed by atoms with Crippen molar-refractivity contribution in [1.82, 2.24) is 5.32 Å². The van der Waals surface area contributed by atoms with Gasteiger partial charge >= 0.3 is 6.18 Å². The fourth-order valence-electron chi connectivity index (χ4n) is 1.54. The summed E-state index contributed by atoms with van der Waals surface area (Å²) in [7, 11) is 0. The molecule has 3 N–H and O–H groups in total. The van der Waals surface area contributed by atoms with Gasteiger partial charge in [-0.25, -0.2) is 9.38 Å². The molecule has 1 aromatic rings. The molecule has 1 aromatic carbocycles. The highest BCUT2D eigenvalue weighted by atomic mass is 127. The molecule has 3 nitrogen and oxygen atoms in total. The Morgan fingerprint density at radius 1 is 1.24 bits per heavy atom. The van der Waals surface area contributed by atoms with Crippen molar-refractivity contribution in [3.05, 3.63) is 35.1 Å². The fraction of sp³-hybridized carbons (Fsp3) is 0.462. The van der Waals surface area contributed by atoms with Crippen molar-refractivity contribution in [2.24, 2.45) is 10.7 Å². The van der Waals surface area contributed by atoms with Gasteiger partial charge in [0, 0.05) is 5.54 Å². The van der Waals surface area contributed by atoms with Crippen LogP contribution in [0.5, 0.6) is 0 Å². The molecule has 0 unspecified atom stereocenters. The van der Waals surface area contributed by atoms with Crippen molar-refractivity contribution < 1.29 is 17.6 Å². The van der Waals surface area contributed by atoms with E-state index < -0.39 is 17.6 Å². The molecule has 0 saturated carbocycles. The van der Waals surface area contributed by atoms with Gasteiger partial charge in [0.15, 0.2) is 5.96 Å². The molecule has 0 radical (unpaired) electrons. The Hall–Kier alpha value is -1.06. The van der Waals surface area contributed by atoms with Gasteiger partial charge in [0.1, 0.15) is 5.82 Å². The molecule has 8 heteroatoms. The predicted octanol–water partition coefficient (Wildman–Crippen LogP) is 3.67. The SMILES string of the molecule is CC(C)(C)NC(N)=NCc1ccc(F)cc1C(F)(F)F.I. The largest absolute Gasteiger partial charge is 0.416 e. The lowest BCUT2D eigenvalue weighted by molar-refractivity contribution is -0.138. The summed E-state index contributed by atoms with van der Waals surface area (Å²) in [5.74, 6) is -0.902. The van der Waals surface area contributed by atoms with Crippen LogP contribution in [0.3, 0.4) is 0 Å². The second-order valence-electron chi connectivity index (χ2n) is 5.38. The van der Waals surface area contributed by atoms with Gasteiger partial charge in [-0.05, 0) is 38.5 Å². The van der Waals surface area contributed by atoms with Gasteiger partial charge in [0.25, 0.3) is 0 Å². The first-order valence-corrected chi connectivity index (χ1v) is 5.93. The van der Waals surface area contributed by atoms with Gasteiger partial charge < -0.3 is 11.1 Å². The Bertz CT molecular complexity index is 507. The van der Waals surface area contributed by atoms with Crippen LogP contribution >= 0.6 is 24.0 Å². The zero-order valence-electron chi connectivity index (χ0n) is 11.9. The number of halogens is 5. The number of aliphatic imine (C=N–C) groups is 1. The third kappa shape index (κ3) is 6.96. The Morgan fingerprint density at radius 3 is 2.29 bits per heavy atom. The van der Waals surface area contributed by atoms with Crippen molar-refractivity contribution >= 4 is 29.9 Å². The fourth-order valence-corrected chi connectivity index (χ4v) is 1.54. The van der Waals surface area contributed by atoms with Gasteiger partial charge in [-0.1, -0.05) is 6.07 Å². The molecular formula is C13H18F4IN3. The lowest BCUT2D eigenvalue weighted by atomic mass is 10.1. The zero-order valence-corrected chi connectivity index (χ0v) is 14.2. The minimum atomic E-state index is -4.63. The summed E-state index contributed by atoms with van der Waals surface area (Å²) < 4.78 is 51.2. The van der Waals surface area contributed by atoms with E-state index >= 15 is 0 Å². The van der Waals surface area contributed by atoms with E-state index in [1.165, 1.54) is 0 Å². The topological polar surface area (TPSA) is 50.4 Å². The number of alkyl halides is 3. The lowest BCUT2D eigenvalue weighted by Gasteiger charge is -2.21. The number of nitrogens with one attached hydrogen (secondary N) is 1.